The van der Waals surface area contributed by atoms with Crippen molar-refractivity contribution < 1.29 is 18.0 Å². The maximum absolute atomic E-state index is 12.8. The molecule has 1 aromatic heterocycles. The summed E-state index contributed by atoms with van der Waals surface area (Å²) in [6.07, 6.45) is -4.61. The third-order valence-corrected chi connectivity index (χ3v) is 3.43. The fraction of sp³-hybridized carbons (Fsp3) is 0.167. The summed E-state index contributed by atoms with van der Waals surface area (Å²) in [6.45, 7) is 1.41. The van der Waals surface area contributed by atoms with Crippen LogP contribution < -0.4 is 10.8 Å². The first-order chi connectivity index (χ1) is 9.29. The molecule has 0 atom stereocenters. The normalized spacial score (nSPS) is 11.4. The van der Waals surface area contributed by atoms with E-state index in [1.54, 1.807) is 12.1 Å². The van der Waals surface area contributed by atoms with Crippen LogP contribution in [0.1, 0.15) is 20.4 Å². The molecule has 1 heterocycles. The van der Waals surface area contributed by atoms with Gasteiger partial charge in [0, 0.05) is 5.69 Å². The highest BCUT2D eigenvalue weighted by Gasteiger charge is 2.38. The topological polar surface area (TPSA) is 42.0 Å². The lowest BCUT2D eigenvalue weighted by molar-refractivity contribution is -0.134. The van der Waals surface area contributed by atoms with Crippen molar-refractivity contribution in [2.24, 2.45) is 0 Å². The summed E-state index contributed by atoms with van der Waals surface area (Å²) in [7, 11) is 5.62. The Morgan fingerprint density at radius 1 is 1.35 bits per heavy atom. The number of alkyl halides is 3. The van der Waals surface area contributed by atoms with E-state index in [2.05, 4.69) is 10.3 Å². The number of halogens is 3. The molecule has 0 aliphatic heterocycles. The van der Waals surface area contributed by atoms with Gasteiger partial charge in [-0.25, -0.2) is 4.98 Å². The van der Waals surface area contributed by atoms with Crippen LogP contribution in [0.4, 0.5) is 18.9 Å². The number of benzene rings is 1. The summed E-state index contributed by atoms with van der Waals surface area (Å²) in [4.78, 5) is 14.6. The van der Waals surface area contributed by atoms with E-state index in [1.165, 1.54) is 19.1 Å². The van der Waals surface area contributed by atoms with Gasteiger partial charge < -0.3 is 5.32 Å². The Hall–Kier alpha value is -1.83. The second kappa shape index (κ2) is 5.28. The fourth-order valence-electron chi connectivity index (χ4n) is 1.57. The predicted octanol–water partition coefficient (Wildman–Crippen LogP) is 2.52. The summed E-state index contributed by atoms with van der Waals surface area (Å²) in [6, 6.07) is 6.30. The van der Waals surface area contributed by atoms with Crippen LogP contribution in [0.2, 0.25) is 0 Å². The molecule has 0 bridgehead atoms. The highest BCUT2D eigenvalue weighted by Crippen LogP contribution is 2.36. The van der Waals surface area contributed by atoms with Crippen molar-refractivity contribution in [3.05, 3.63) is 39.8 Å². The molecular weight excluding hydrogens is 288 g/mol. The Bertz CT molecular complexity index is 654. The highest BCUT2D eigenvalue weighted by molar-refractivity contribution is 7.12. The zero-order chi connectivity index (χ0) is 14.9. The van der Waals surface area contributed by atoms with Gasteiger partial charge in [-0.05, 0) is 13.0 Å². The van der Waals surface area contributed by atoms with Gasteiger partial charge in [0.1, 0.15) is 12.7 Å². The van der Waals surface area contributed by atoms with E-state index in [1.807, 2.05) is 0 Å². The number of aromatic nitrogens is 1. The second-order valence-electron chi connectivity index (χ2n) is 3.95. The van der Waals surface area contributed by atoms with Crippen molar-refractivity contribution in [1.29, 1.82) is 0 Å². The monoisotopic (exact) mass is 296 g/mol. The van der Waals surface area contributed by atoms with E-state index in [0.29, 0.717) is 11.3 Å². The molecule has 1 N–H and O–H groups in total. The maximum atomic E-state index is 12.8. The van der Waals surface area contributed by atoms with Gasteiger partial charge in [0.2, 0.25) is 0 Å². The molecule has 3 nitrogen and oxygen atoms in total. The quantitative estimate of drug-likeness (QED) is 0.865. The van der Waals surface area contributed by atoms with Gasteiger partial charge in [-0.1, -0.05) is 23.7 Å². The van der Waals surface area contributed by atoms with Gasteiger partial charge in [-0.2, -0.15) is 13.2 Å². The largest absolute Gasteiger partial charge is 0.427 e. The summed E-state index contributed by atoms with van der Waals surface area (Å²) < 4.78 is 38.4. The first-order valence-corrected chi connectivity index (χ1v) is 6.31. The Morgan fingerprint density at radius 2 is 2.00 bits per heavy atom. The Balaban J connectivity index is 2.33. The number of carbonyl (C=O) groups is 1. The lowest BCUT2D eigenvalue weighted by Gasteiger charge is -2.09. The van der Waals surface area contributed by atoms with Crippen LogP contribution in [-0.4, -0.2) is 18.7 Å². The van der Waals surface area contributed by atoms with Crippen molar-refractivity contribution in [3.8, 4) is 0 Å². The molecule has 102 valence electrons. The summed E-state index contributed by atoms with van der Waals surface area (Å²) >= 11 is 0.436. The summed E-state index contributed by atoms with van der Waals surface area (Å²) in [5.41, 5.74) is -0.124. The number of para-hydroxylation sites is 1. The highest BCUT2D eigenvalue weighted by atomic mass is 32.1. The predicted molar refractivity (Wildman–Crippen MR) is 71.6 cm³/mol. The molecule has 0 spiro atoms. The van der Waals surface area contributed by atoms with Crippen LogP contribution in [0.25, 0.3) is 0 Å². The van der Waals surface area contributed by atoms with Gasteiger partial charge in [-0.3, -0.25) is 4.79 Å². The van der Waals surface area contributed by atoms with Crippen molar-refractivity contribution >= 4 is 36.2 Å². The number of hydrogen-bond acceptors (Lipinski definition) is 3. The Labute approximate surface area is 118 Å². The van der Waals surface area contributed by atoms with Crippen molar-refractivity contribution in [1.82, 2.24) is 4.98 Å². The van der Waals surface area contributed by atoms with Gasteiger partial charge in [-0.15, -0.1) is 11.3 Å². The maximum Gasteiger partial charge on any atom is 0.427 e. The van der Waals surface area contributed by atoms with Crippen molar-refractivity contribution in [3.63, 3.8) is 0 Å². The Morgan fingerprint density at radius 3 is 2.60 bits per heavy atom. The molecule has 0 aliphatic carbocycles. The number of anilines is 1. The molecule has 8 heteroatoms. The second-order valence-corrected chi connectivity index (χ2v) is 5.15. The molecule has 1 aromatic carbocycles. The zero-order valence-electron chi connectivity index (χ0n) is 10.3. The van der Waals surface area contributed by atoms with Crippen LogP contribution in [0, 0.1) is 6.92 Å². The lowest BCUT2D eigenvalue weighted by Crippen LogP contribution is -2.21. The van der Waals surface area contributed by atoms with Crippen LogP contribution in [0.15, 0.2) is 24.3 Å². The number of thiazole rings is 1. The van der Waals surface area contributed by atoms with Gasteiger partial charge >= 0.3 is 6.18 Å². The standard InChI is InChI=1S/C12H8BF3N2OS/c1-6-17-9(10(20-6)12(14,15)16)11(19)18-8-5-3-2-4-7(8)13/h2-5H,1H3,(H,18,19). The number of nitrogens with zero attached hydrogens (tertiary/aromatic N) is 1. The fourth-order valence-corrected chi connectivity index (χ4v) is 2.35. The van der Waals surface area contributed by atoms with E-state index < -0.39 is 22.7 Å². The third kappa shape index (κ3) is 3.01. The van der Waals surface area contributed by atoms with Gasteiger partial charge in [0.25, 0.3) is 5.91 Å². The molecule has 2 radical (unpaired) electrons. The van der Waals surface area contributed by atoms with E-state index in [-0.39, 0.29) is 16.2 Å². The van der Waals surface area contributed by atoms with E-state index in [0.717, 1.165) is 0 Å². The minimum Gasteiger partial charge on any atom is -0.321 e. The lowest BCUT2D eigenvalue weighted by atomic mass is 9.94. The average Bonchev–Trinajstić information content (AvgIpc) is 2.74. The number of hydrogen-bond donors (Lipinski definition) is 1. The number of aryl methyl sites for hydroxylation is 1. The van der Waals surface area contributed by atoms with Gasteiger partial charge in [0.15, 0.2) is 5.69 Å². The van der Waals surface area contributed by atoms with Crippen molar-refractivity contribution in [2.75, 3.05) is 5.32 Å². The minimum atomic E-state index is -4.61. The molecule has 0 unspecified atom stereocenters. The molecule has 0 saturated heterocycles. The van der Waals surface area contributed by atoms with Crippen LogP contribution in [0.3, 0.4) is 0 Å². The number of nitrogens with one attached hydrogen (secondary N) is 1. The third-order valence-electron chi connectivity index (χ3n) is 2.42. The summed E-state index contributed by atoms with van der Waals surface area (Å²) in [5.74, 6) is -0.931. The average molecular weight is 296 g/mol. The molecule has 1 amide bonds. The number of amides is 1. The van der Waals surface area contributed by atoms with Crippen LogP contribution in [0.5, 0.6) is 0 Å². The molecule has 0 saturated carbocycles. The van der Waals surface area contributed by atoms with E-state index in [9.17, 15) is 18.0 Å². The summed E-state index contributed by atoms with van der Waals surface area (Å²) in [5, 5.41) is 2.50. The molecule has 2 rings (SSSR count). The SMILES string of the molecule is [B]c1ccccc1NC(=O)c1nc(C)sc1C(F)(F)F. The molecule has 0 fully saturated rings. The van der Waals surface area contributed by atoms with Gasteiger partial charge in [0.05, 0.1) is 5.01 Å². The van der Waals surface area contributed by atoms with Crippen LogP contribution in [-0.2, 0) is 6.18 Å². The van der Waals surface area contributed by atoms with E-state index >= 15 is 0 Å². The molecule has 0 aliphatic rings. The first-order valence-electron chi connectivity index (χ1n) is 5.49. The van der Waals surface area contributed by atoms with Crippen LogP contribution >= 0.6 is 11.3 Å². The first kappa shape index (κ1) is 14.6. The van der Waals surface area contributed by atoms with E-state index in [4.69, 9.17) is 7.85 Å². The molecule has 2 aromatic rings. The van der Waals surface area contributed by atoms with Crippen molar-refractivity contribution in [2.45, 2.75) is 13.1 Å². The number of carbonyl (C=O) groups excluding carboxylic acids is 1. The molecular formula is C12H8BF3N2OS. The zero-order valence-corrected chi connectivity index (χ0v) is 11.1. The number of rotatable bonds is 2. The smallest absolute Gasteiger partial charge is 0.321 e. The minimum absolute atomic E-state index is 0.170. The Kier molecular flexibility index (Phi) is 3.85. The molecule has 20 heavy (non-hydrogen) atoms.